The van der Waals surface area contributed by atoms with Gasteiger partial charge in [-0.15, -0.1) is 0 Å². The summed E-state index contributed by atoms with van der Waals surface area (Å²) < 4.78 is 28.7. The van der Waals surface area contributed by atoms with Crippen LogP contribution in [0.2, 0.25) is 0 Å². The number of rotatable bonds is 5. The van der Waals surface area contributed by atoms with Gasteiger partial charge in [-0.2, -0.15) is 17.0 Å². The zero-order chi connectivity index (χ0) is 15.7. The second-order valence-corrected chi connectivity index (χ2v) is 8.03. The molecule has 6 nitrogen and oxygen atoms in total. The number of carboxylic acid groups (broad SMARTS) is 1. The summed E-state index contributed by atoms with van der Waals surface area (Å²) in [6, 6.07) is -0.0440. The molecule has 0 radical (unpaired) electrons. The molecule has 2 aliphatic rings. The molecule has 2 fully saturated rings. The van der Waals surface area contributed by atoms with Gasteiger partial charge in [-0.25, -0.2) is 0 Å². The van der Waals surface area contributed by atoms with E-state index < -0.39 is 21.7 Å². The Labute approximate surface area is 127 Å². The maximum Gasteiger partial charge on any atom is 0.325 e. The summed E-state index contributed by atoms with van der Waals surface area (Å²) in [5, 5.41) is 9.67. The molecule has 0 amide bonds. The lowest BCUT2D eigenvalue weighted by Gasteiger charge is -2.40. The molecule has 7 heteroatoms. The van der Waals surface area contributed by atoms with Gasteiger partial charge in [-0.3, -0.25) is 4.79 Å². The van der Waals surface area contributed by atoms with E-state index in [-0.39, 0.29) is 6.04 Å². The van der Waals surface area contributed by atoms with Crippen molar-refractivity contribution in [2.45, 2.75) is 70.4 Å². The third kappa shape index (κ3) is 2.83. The average molecular weight is 318 g/mol. The fourth-order valence-electron chi connectivity index (χ4n) is 3.71. The van der Waals surface area contributed by atoms with E-state index in [9.17, 15) is 18.3 Å². The van der Waals surface area contributed by atoms with Crippen molar-refractivity contribution < 1.29 is 18.3 Å². The zero-order valence-corrected chi connectivity index (χ0v) is 13.7. The van der Waals surface area contributed by atoms with Crippen molar-refractivity contribution in [1.82, 2.24) is 8.61 Å². The van der Waals surface area contributed by atoms with E-state index in [1.54, 1.807) is 0 Å². The number of hydrogen-bond donors (Lipinski definition) is 1. The van der Waals surface area contributed by atoms with E-state index >= 15 is 0 Å². The summed E-state index contributed by atoms with van der Waals surface area (Å²) in [5.41, 5.74) is -1.25. The van der Waals surface area contributed by atoms with Gasteiger partial charge >= 0.3 is 5.97 Å². The molecular weight excluding hydrogens is 292 g/mol. The minimum Gasteiger partial charge on any atom is -0.480 e. The van der Waals surface area contributed by atoms with Crippen LogP contribution in [0.15, 0.2) is 0 Å². The molecule has 0 aromatic heterocycles. The summed E-state index contributed by atoms with van der Waals surface area (Å²) in [6.45, 7) is 4.63. The third-order valence-corrected chi connectivity index (χ3v) is 7.03. The Kier molecular flexibility index (Phi) is 4.95. The van der Waals surface area contributed by atoms with Gasteiger partial charge in [-0.1, -0.05) is 19.8 Å². The molecule has 122 valence electrons. The lowest BCUT2D eigenvalue weighted by atomic mass is 9.92. The molecule has 0 spiro atoms. The van der Waals surface area contributed by atoms with Crippen LogP contribution in [-0.4, -0.2) is 52.8 Å². The van der Waals surface area contributed by atoms with Crippen LogP contribution in [0.3, 0.4) is 0 Å². The highest BCUT2D eigenvalue weighted by atomic mass is 32.2. The van der Waals surface area contributed by atoms with Crippen LogP contribution in [0.5, 0.6) is 0 Å². The molecule has 0 aromatic rings. The topological polar surface area (TPSA) is 77.9 Å². The van der Waals surface area contributed by atoms with Gasteiger partial charge in [0.1, 0.15) is 5.54 Å². The van der Waals surface area contributed by atoms with Gasteiger partial charge in [0, 0.05) is 19.1 Å². The molecule has 0 saturated carbocycles. The lowest BCUT2D eigenvalue weighted by molar-refractivity contribution is -0.147. The van der Waals surface area contributed by atoms with Crippen LogP contribution in [0, 0.1) is 0 Å². The smallest absolute Gasteiger partial charge is 0.325 e. The number of carboxylic acids is 1. The van der Waals surface area contributed by atoms with E-state index in [2.05, 4.69) is 0 Å². The van der Waals surface area contributed by atoms with E-state index in [1.807, 2.05) is 13.8 Å². The minimum atomic E-state index is -3.70. The molecule has 2 aliphatic heterocycles. The summed E-state index contributed by atoms with van der Waals surface area (Å²) >= 11 is 0. The molecule has 0 aromatic carbocycles. The van der Waals surface area contributed by atoms with E-state index in [4.69, 9.17) is 0 Å². The Morgan fingerprint density at radius 3 is 2.57 bits per heavy atom. The van der Waals surface area contributed by atoms with Crippen molar-refractivity contribution in [1.29, 1.82) is 0 Å². The van der Waals surface area contributed by atoms with Crippen molar-refractivity contribution >= 4 is 16.2 Å². The summed E-state index contributed by atoms with van der Waals surface area (Å²) in [5.74, 6) is -1.00. The first-order chi connectivity index (χ1) is 9.86. The molecule has 0 bridgehead atoms. The Hall–Kier alpha value is -0.660. The van der Waals surface area contributed by atoms with Crippen molar-refractivity contribution in [2.75, 3.05) is 13.1 Å². The molecule has 2 unspecified atom stereocenters. The van der Waals surface area contributed by atoms with E-state index in [1.165, 1.54) is 8.61 Å². The van der Waals surface area contributed by atoms with Crippen LogP contribution in [0.1, 0.15) is 58.8 Å². The highest BCUT2D eigenvalue weighted by Gasteiger charge is 2.54. The van der Waals surface area contributed by atoms with Gasteiger partial charge in [0.2, 0.25) is 0 Å². The lowest BCUT2D eigenvalue weighted by Crippen LogP contribution is -2.58. The quantitative estimate of drug-likeness (QED) is 0.839. The molecule has 21 heavy (non-hydrogen) atoms. The monoisotopic (exact) mass is 318 g/mol. The number of piperidine rings is 1. The molecule has 0 aliphatic carbocycles. The standard InChI is InChI=1S/C14H26N2O4S/c1-3-8-14(13(17)18)9-6-11-16(14)21(19,20)15-10-5-4-7-12(15)2/h12H,3-11H2,1-2H3,(H,17,18). The SMILES string of the molecule is CCCC1(C(=O)O)CCCN1S(=O)(=O)N1CCCCC1C. The molecular formula is C14H26N2O4S. The predicted molar refractivity (Wildman–Crippen MR) is 80.2 cm³/mol. The van der Waals surface area contributed by atoms with Crippen molar-refractivity contribution in [3.8, 4) is 0 Å². The zero-order valence-electron chi connectivity index (χ0n) is 12.9. The molecule has 2 heterocycles. The van der Waals surface area contributed by atoms with Crippen LogP contribution < -0.4 is 0 Å². The van der Waals surface area contributed by atoms with Crippen LogP contribution in [-0.2, 0) is 15.0 Å². The van der Waals surface area contributed by atoms with Gasteiger partial charge < -0.3 is 5.11 Å². The maximum atomic E-state index is 13.0. The second-order valence-electron chi connectivity index (χ2n) is 6.23. The van der Waals surface area contributed by atoms with Crippen LogP contribution in [0.25, 0.3) is 0 Å². The Balaban J connectivity index is 2.35. The largest absolute Gasteiger partial charge is 0.480 e. The first kappa shape index (κ1) is 16.7. The normalized spacial score (nSPS) is 32.4. The van der Waals surface area contributed by atoms with Crippen LogP contribution in [0.4, 0.5) is 0 Å². The predicted octanol–water partition coefficient (Wildman–Crippen LogP) is 1.82. The van der Waals surface area contributed by atoms with Crippen molar-refractivity contribution in [3.05, 3.63) is 0 Å². The molecule has 1 N–H and O–H groups in total. The van der Waals surface area contributed by atoms with Crippen LogP contribution >= 0.6 is 0 Å². The molecule has 2 saturated heterocycles. The van der Waals surface area contributed by atoms with Crippen molar-refractivity contribution in [2.24, 2.45) is 0 Å². The van der Waals surface area contributed by atoms with Gasteiger partial charge in [0.25, 0.3) is 10.2 Å². The number of aliphatic carboxylic acids is 1. The number of hydrogen-bond acceptors (Lipinski definition) is 3. The minimum absolute atomic E-state index is 0.0440. The highest BCUT2D eigenvalue weighted by molar-refractivity contribution is 7.86. The van der Waals surface area contributed by atoms with Gasteiger partial charge in [0.15, 0.2) is 0 Å². The van der Waals surface area contributed by atoms with E-state index in [0.717, 1.165) is 19.3 Å². The Morgan fingerprint density at radius 2 is 2.00 bits per heavy atom. The number of nitrogens with zero attached hydrogens (tertiary/aromatic N) is 2. The van der Waals surface area contributed by atoms with Crippen molar-refractivity contribution in [3.63, 3.8) is 0 Å². The first-order valence-corrected chi connectivity index (χ1v) is 9.29. The fraction of sp³-hybridized carbons (Fsp3) is 0.929. The summed E-state index contributed by atoms with van der Waals surface area (Å²) in [7, 11) is -3.70. The highest BCUT2D eigenvalue weighted by Crippen LogP contribution is 2.38. The Bertz CT molecular complexity index is 493. The molecule has 2 atom stereocenters. The second kappa shape index (κ2) is 6.22. The maximum absolute atomic E-state index is 13.0. The summed E-state index contributed by atoms with van der Waals surface area (Å²) in [4.78, 5) is 11.8. The molecule has 2 rings (SSSR count). The third-order valence-electron chi connectivity index (χ3n) is 4.81. The Morgan fingerprint density at radius 1 is 1.29 bits per heavy atom. The first-order valence-electron chi connectivity index (χ1n) is 7.89. The summed E-state index contributed by atoms with van der Waals surface area (Å²) in [6.07, 6.45) is 4.81. The average Bonchev–Trinajstić information content (AvgIpc) is 2.85. The number of carbonyl (C=O) groups is 1. The van der Waals surface area contributed by atoms with E-state index in [0.29, 0.717) is 38.8 Å². The van der Waals surface area contributed by atoms with Gasteiger partial charge in [-0.05, 0) is 39.0 Å². The van der Waals surface area contributed by atoms with Gasteiger partial charge in [0.05, 0.1) is 0 Å². The fourth-order valence-corrected chi connectivity index (χ4v) is 5.95.